The van der Waals surface area contributed by atoms with Crippen molar-refractivity contribution < 1.29 is 18.9 Å². The average Bonchev–Trinajstić information content (AvgIpc) is 3.16. The molecule has 0 fully saturated rings. The minimum absolute atomic E-state index is 0.0894. The van der Waals surface area contributed by atoms with E-state index in [0.717, 1.165) is 23.5 Å². The third-order valence-corrected chi connectivity index (χ3v) is 4.67. The smallest absolute Gasteiger partial charge is 0.191 e. The third-order valence-electron chi connectivity index (χ3n) is 4.67. The van der Waals surface area contributed by atoms with Crippen molar-refractivity contribution in [2.45, 2.75) is 19.1 Å². The highest BCUT2D eigenvalue weighted by molar-refractivity contribution is 5.79. The number of fused-ring (bicyclic) bond motifs is 1. The second-order valence-corrected chi connectivity index (χ2v) is 6.38. The molecule has 2 N–H and O–H groups in total. The molecule has 0 radical (unpaired) electrons. The number of hydrogen-bond acceptors (Lipinski definition) is 5. The maximum Gasteiger partial charge on any atom is 0.191 e. The molecule has 0 bridgehead atoms. The van der Waals surface area contributed by atoms with Crippen molar-refractivity contribution in [3.05, 3.63) is 47.5 Å². The first-order valence-corrected chi connectivity index (χ1v) is 9.16. The van der Waals surface area contributed by atoms with Crippen molar-refractivity contribution in [3.63, 3.8) is 0 Å². The van der Waals surface area contributed by atoms with Gasteiger partial charge in [0.25, 0.3) is 0 Å². The van der Waals surface area contributed by atoms with Gasteiger partial charge in [-0.3, -0.25) is 4.99 Å². The van der Waals surface area contributed by atoms with Gasteiger partial charge < -0.3 is 29.6 Å². The van der Waals surface area contributed by atoms with Crippen LogP contribution in [0.1, 0.15) is 11.1 Å². The molecular weight excluding hydrogens is 358 g/mol. The highest BCUT2D eigenvalue weighted by Crippen LogP contribution is 2.34. The van der Waals surface area contributed by atoms with Gasteiger partial charge in [0.1, 0.15) is 17.6 Å². The zero-order chi connectivity index (χ0) is 19.9. The number of hydrogen-bond donors (Lipinski definition) is 2. The van der Waals surface area contributed by atoms with E-state index in [4.69, 9.17) is 18.9 Å². The molecular formula is C21H27N3O4. The van der Waals surface area contributed by atoms with Gasteiger partial charge in [-0.15, -0.1) is 0 Å². The minimum atomic E-state index is 0.0894. The topological polar surface area (TPSA) is 73.3 Å². The number of nitrogens with zero attached hydrogens (tertiary/aromatic N) is 1. The Hall–Kier alpha value is -3.09. The molecule has 7 heteroatoms. The van der Waals surface area contributed by atoms with Gasteiger partial charge in [0.15, 0.2) is 17.5 Å². The Labute approximate surface area is 165 Å². The maximum absolute atomic E-state index is 5.96. The average molecular weight is 385 g/mol. The van der Waals surface area contributed by atoms with Crippen molar-refractivity contribution in [1.82, 2.24) is 10.6 Å². The number of benzene rings is 2. The van der Waals surface area contributed by atoms with Crippen LogP contribution in [-0.4, -0.2) is 47.0 Å². The lowest BCUT2D eigenvalue weighted by Crippen LogP contribution is -2.42. The number of rotatable bonds is 7. The summed E-state index contributed by atoms with van der Waals surface area (Å²) in [6, 6.07) is 11.8. The van der Waals surface area contributed by atoms with Crippen molar-refractivity contribution >= 4 is 5.96 Å². The predicted octanol–water partition coefficient (Wildman–Crippen LogP) is 2.38. The van der Waals surface area contributed by atoms with Gasteiger partial charge in [-0.25, -0.2) is 0 Å². The lowest BCUT2D eigenvalue weighted by molar-refractivity contribution is 0.235. The molecule has 1 atom stereocenters. The summed E-state index contributed by atoms with van der Waals surface area (Å²) >= 11 is 0. The first-order chi connectivity index (χ1) is 13.7. The Morgan fingerprint density at radius 1 is 1.04 bits per heavy atom. The van der Waals surface area contributed by atoms with E-state index in [1.165, 1.54) is 5.56 Å². The Balaban J connectivity index is 1.57. The van der Waals surface area contributed by atoms with Crippen molar-refractivity contribution in [3.8, 4) is 23.0 Å². The van der Waals surface area contributed by atoms with Crippen LogP contribution in [0.2, 0.25) is 0 Å². The molecule has 1 heterocycles. The maximum atomic E-state index is 5.96. The number of nitrogens with one attached hydrogen (secondary N) is 2. The van der Waals surface area contributed by atoms with E-state index < -0.39 is 0 Å². The molecule has 1 aliphatic rings. The summed E-state index contributed by atoms with van der Waals surface area (Å²) in [5.41, 5.74) is 2.18. The molecule has 0 amide bonds. The van der Waals surface area contributed by atoms with Crippen LogP contribution in [-0.2, 0) is 13.0 Å². The summed E-state index contributed by atoms with van der Waals surface area (Å²) in [4.78, 5) is 4.29. The molecule has 3 rings (SSSR count). The van der Waals surface area contributed by atoms with E-state index in [2.05, 4.69) is 21.7 Å². The lowest BCUT2D eigenvalue weighted by atomic mass is 10.1. The largest absolute Gasteiger partial charge is 0.496 e. The fraction of sp³-hybridized carbons (Fsp3) is 0.381. The number of ether oxygens (including phenoxy) is 4. The monoisotopic (exact) mass is 385 g/mol. The van der Waals surface area contributed by atoms with Crippen molar-refractivity contribution in [2.24, 2.45) is 4.99 Å². The van der Waals surface area contributed by atoms with Crippen LogP contribution < -0.4 is 29.6 Å². The first-order valence-electron chi connectivity index (χ1n) is 9.16. The van der Waals surface area contributed by atoms with Gasteiger partial charge >= 0.3 is 0 Å². The van der Waals surface area contributed by atoms with Gasteiger partial charge in [-0.05, 0) is 17.7 Å². The number of methoxy groups -OCH3 is 3. The van der Waals surface area contributed by atoms with E-state index in [1.54, 1.807) is 28.4 Å². The lowest BCUT2D eigenvalue weighted by Gasteiger charge is -2.17. The normalized spacial score (nSPS) is 15.4. The van der Waals surface area contributed by atoms with Crippen molar-refractivity contribution in [1.29, 1.82) is 0 Å². The van der Waals surface area contributed by atoms with E-state index >= 15 is 0 Å². The summed E-state index contributed by atoms with van der Waals surface area (Å²) in [6.07, 6.45) is 0.982. The van der Waals surface area contributed by atoms with Gasteiger partial charge in [-0.2, -0.15) is 0 Å². The molecule has 0 spiro atoms. The molecule has 7 nitrogen and oxygen atoms in total. The molecule has 2 aromatic carbocycles. The van der Waals surface area contributed by atoms with Crippen LogP contribution in [0.3, 0.4) is 0 Å². The number of aliphatic imine (C=N–C) groups is 1. The van der Waals surface area contributed by atoms with Crippen LogP contribution in [0.25, 0.3) is 0 Å². The van der Waals surface area contributed by atoms with E-state index in [-0.39, 0.29) is 6.10 Å². The summed E-state index contributed by atoms with van der Waals surface area (Å²) in [5.74, 6) is 3.66. The molecule has 150 valence electrons. The summed E-state index contributed by atoms with van der Waals surface area (Å²) < 4.78 is 22.1. The van der Waals surface area contributed by atoms with Gasteiger partial charge in [0.05, 0.1) is 27.9 Å². The summed E-state index contributed by atoms with van der Waals surface area (Å²) in [5, 5.41) is 6.62. The van der Waals surface area contributed by atoms with Crippen LogP contribution in [0, 0.1) is 0 Å². The van der Waals surface area contributed by atoms with Crippen LogP contribution >= 0.6 is 0 Å². The minimum Gasteiger partial charge on any atom is -0.496 e. The van der Waals surface area contributed by atoms with Gasteiger partial charge in [-0.1, -0.05) is 18.2 Å². The second kappa shape index (κ2) is 9.21. The van der Waals surface area contributed by atoms with E-state index in [1.807, 2.05) is 30.3 Å². The molecule has 28 heavy (non-hydrogen) atoms. The second-order valence-electron chi connectivity index (χ2n) is 6.38. The van der Waals surface area contributed by atoms with E-state index in [9.17, 15) is 0 Å². The molecule has 2 aromatic rings. The van der Waals surface area contributed by atoms with Crippen molar-refractivity contribution in [2.75, 3.05) is 34.9 Å². The van der Waals surface area contributed by atoms with Gasteiger partial charge in [0.2, 0.25) is 0 Å². The highest BCUT2D eigenvalue weighted by Gasteiger charge is 2.22. The standard InChI is InChI=1S/C21H27N3O4/c1-22-21(24-13-16-9-14-7-5-6-8-17(14)28-16)23-12-15-10-19(26-3)20(27-4)11-18(15)25-2/h5-8,10-11,16H,9,12-13H2,1-4H3,(H2,22,23,24). The Kier molecular flexibility index (Phi) is 6.47. The SMILES string of the molecule is CN=C(NCc1cc(OC)c(OC)cc1OC)NCC1Cc2ccccc2O1. The molecule has 0 saturated carbocycles. The number of para-hydroxylation sites is 1. The Morgan fingerprint density at radius 2 is 1.75 bits per heavy atom. The number of guanidine groups is 1. The first kappa shape index (κ1) is 19.7. The zero-order valence-electron chi connectivity index (χ0n) is 16.7. The fourth-order valence-corrected chi connectivity index (χ4v) is 3.21. The quantitative estimate of drug-likeness (QED) is 0.563. The molecule has 0 saturated heterocycles. The van der Waals surface area contributed by atoms with Crippen LogP contribution in [0.4, 0.5) is 0 Å². The summed E-state index contributed by atoms with van der Waals surface area (Å²) in [7, 11) is 6.59. The van der Waals surface area contributed by atoms with Crippen LogP contribution in [0.15, 0.2) is 41.4 Å². The highest BCUT2D eigenvalue weighted by atomic mass is 16.5. The Morgan fingerprint density at radius 3 is 2.43 bits per heavy atom. The third kappa shape index (κ3) is 4.42. The predicted molar refractivity (Wildman–Crippen MR) is 109 cm³/mol. The molecule has 0 aliphatic carbocycles. The summed E-state index contributed by atoms with van der Waals surface area (Å²) in [6.45, 7) is 1.19. The fourth-order valence-electron chi connectivity index (χ4n) is 3.21. The van der Waals surface area contributed by atoms with Gasteiger partial charge in [0, 0.05) is 31.6 Å². The molecule has 1 aliphatic heterocycles. The van der Waals surface area contributed by atoms with E-state index in [0.29, 0.717) is 30.5 Å². The molecule has 1 unspecified atom stereocenters. The Bertz CT molecular complexity index is 813. The molecule has 0 aromatic heterocycles. The zero-order valence-corrected chi connectivity index (χ0v) is 16.7. The van der Waals surface area contributed by atoms with Crippen LogP contribution in [0.5, 0.6) is 23.0 Å².